The summed E-state index contributed by atoms with van der Waals surface area (Å²) in [6, 6.07) is 7.97. The van der Waals surface area contributed by atoms with Crippen LogP contribution in [0.5, 0.6) is 5.75 Å². The van der Waals surface area contributed by atoms with Crippen LogP contribution < -0.4 is 4.74 Å². The van der Waals surface area contributed by atoms with Gasteiger partial charge < -0.3 is 14.6 Å². The lowest BCUT2D eigenvalue weighted by Crippen LogP contribution is -2.33. The van der Waals surface area contributed by atoms with E-state index in [1.807, 2.05) is 24.3 Å². The molecular formula is C16H22O3. The molecule has 2 aliphatic carbocycles. The van der Waals surface area contributed by atoms with Crippen molar-refractivity contribution in [1.82, 2.24) is 0 Å². The van der Waals surface area contributed by atoms with Crippen LogP contribution >= 0.6 is 0 Å². The van der Waals surface area contributed by atoms with Crippen LogP contribution in [0.25, 0.3) is 0 Å². The molecule has 0 unspecified atom stereocenters. The maximum Gasteiger partial charge on any atom is 0.119 e. The average molecular weight is 262 g/mol. The Morgan fingerprint density at radius 2 is 1.63 bits per heavy atom. The van der Waals surface area contributed by atoms with Crippen molar-refractivity contribution in [2.75, 3.05) is 7.11 Å². The first-order valence-electron chi connectivity index (χ1n) is 7.22. The van der Waals surface area contributed by atoms with Crippen molar-refractivity contribution in [2.45, 2.75) is 56.3 Å². The van der Waals surface area contributed by atoms with Gasteiger partial charge in [0.1, 0.15) is 5.75 Å². The monoisotopic (exact) mass is 262 g/mol. The van der Waals surface area contributed by atoms with Crippen LogP contribution in [0.15, 0.2) is 24.3 Å². The SMILES string of the molecule is COC1CCC(O)(c2ccc(OC3CC3)cc2)CC1. The smallest absolute Gasteiger partial charge is 0.119 e. The van der Waals surface area contributed by atoms with E-state index < -0.39 is 5.60 Å². The highest BCUT2D eigenvalue weighted by Gasteiger charge is 2.34. The summed E-state index contributed by atoms with van der Waals surface area (Å²) in [5.74, 6) is 0.917. The van der Waals surface area contributed by atoms with E-state index in [2.05, 4.69) is 0 Å². The van der Waals surface area contributed by atoms with Gasteiger partial charge in [0.25, 0.3) is 0 Å². The van der Waals surface area contributed by atoms with Gasteiger partial charge in [0.2, 0.25) is 0 Å². The first-order valence-corrected chi connectivity index (χ1v) is 7.22. The van der Waals surface area contributed by atoms with Gasteiger partial charge >= 0.3 is 0 Å². The molecule has 0 heterocycles. The lowest BCUT2D eigenvalue weighted by molar-refractivity contribution is -0.0474. The second-order valence-corrected chi connectivity index (χ2v) is 5.81. The van der Waals surface area contributed by atoms with E-state index in [4.69, 9.17) is 9.47 Å². The molecule has 3 heteroatoms. The van der Waals surface area contributed by atoms with Gasteiger partial charge in [-0.3, -0.25) is 0 Å². The molecule has 0 aliphatic heterocycles. The van der Waals surface area contributed by atoms with Crippen molar-refractivity contribution in [3.8, 4) is 5.75 Å². The van der Waals surface area contributed by atoms with E-state index in [1.165, 1.54) is 12.8 Å². The highest BCUT2D eigenvalue weighted by atomic mass is 16.5. The van der Waals surface area contributed by atoms with Gasteiger partial charge in [-0.2, -0.15) is 0 Å². The van der Waals surface area contributed by atoms with E-state index in [0.29, 0.717) is 12.2 Å². The predicted octanol–water partition coefficient (Wildman–Crippen LogP) is 3.00. The molecule has 0 atom stereocenters. The normalized spacial score (nSPS) is 31.2. The number of hydrogen-bond donors (Lipinski definition) is 1. The molecule has 19 heavy (non-hydrogen) atoms. The first-order chi connectivity index (χ1) is 9.19. The van der Waals surface area contributed by atoms with Crippen molar-refractivity contribution in [2.24, 2.45) is 0 Å². The molecule has 0 saturated heterocycles. The van der Waals surface area contributed by atoms with Gasteiger partial charge in [-0.15, -0.1) is 0 Å². The highest BCUT2D eigenvalue weighted by molar-refractivity contribution is 5.31. The summed E-state index contributed by atoms with van der Waals surface area (Å²) >= 11 is 0. The van der Waals surface area contributed by atoms with Crippen molar-refractivity contribution in [3.05, 3.63) is 29.8 Å². The fourth-order valence-corrected chi connectivity index (χ4v) is 2.82. The Labute approximate surface area is 114 Å². The summed E-state index contributed by atoms with van der Waals surface area (Å²) in [5, 5.41) is 10.7. The molecule has 0 spiro atoms. The van der Waals surface area contributed by atoms with E-state index in [1.54, 1.807) is 7.11 Å². The molecule has 1 N–H and O–H groups in total. The lowest BCUT2D eigenvalue weighted by Gasteiger charge is -2.36. The molecule has 2 saturated carbocycles. The van der Waals surface area contributed by atoms with Crippen LogP contribution in [0, 0.1) is 0 Å². The zero-order chi connectivity index (χ0) is 13.3. The number of benzene rings is 1. The molecule has 0 radical (unpaired) electrons. The van der Waals surface area contributed by atoms with Crippen molar-refractivity contribution < 1.29 is 14.6 Å². The maximum absolute atomic E-state index is 10.7. The third-order valence-corrected chi connectivity index (χ3v) is 4.31. The van der Waals surface area contributed by atoms with E-state index >= 15 is 0 Å². The van der Waals surface area contributed by atoms with Crippen LogP contribution in [-0.2, 0) is 10.3 Å². The molecule has 1 aromatic rings. The Kier molecular flexibility index (Phi) is 3.50. The summed E-state index contributed by atoms with van der Waals surface area (Å²) < 4.78 is 11.1. The van der Waals surface area contributed by atoms with Gasteiger partial charge in [0, 0.05) is 7.11 Å². The zero-order valence-electron chi connectivity index (χ0n) is 11.5. The van der Waals surface area contributed by atoms with Crippen molar-refractivity contribution >= 4 is 0 Å². The second kappa shape index (κ2) is 5.14. The molecule has 3 rings (SSSR count). The Morgan fingerprint density at radius 1 is 1.00 bits per heavy atom. The summed E-state index contributed by atoms with van der Waals surface area (Å²) in [4.78, 5) is 0. The minimum Gasteiger partial charge on any atom is -0.490 e. The molecule has 2 aliphatic rings. The van der Waals surface area contributed by atoms with Gasteiger partial charge in [0.15, 0.2) is 0 Å². The number of ether oxygens (including phenoxy) is 2. The van der Waals surface area contributed by atoms with Gasteiger partial charge in [-0.25, -0.2) is 0 Å². The Balaban J connectivity index is 1.67. The molecule has 0 amide bonds. The van der Waals surface area contributed by atoms with Crippen molar-refractivity contribution in [1.29, 1.82) is 0 Å². The predicted molar refractivity (Wildman–Crippen MR) is 73.3 cm³/mol. The van der Waals surface area contributed by atoms with Gasteiger partial charge in [-0.1, -0.05) is 12.1 Å². The minimum atomic E-state index is -0.687. The van der Waals surface area contributed by atoms with Crippen LogP contribution in [0.3, 0.4) is 0 Å². The van der Waals surface area contributed by atoms with Crippen LogP contribution in [-0.4, -0.2) is 24.4 Å². The largest absolute Gasteiger partial charge is 0.490 e. The average Bonchev–Trinajstić information content (AvgIpc) is 3.24. The fraction of sp³-hybridized carbons (Fsp3) is 0.625. The highest BCUT2D eigenvalue weighted by Crippen LogP contribution is 2.38. The number of hydrogen-bond acceptors (Lipinski definition) is 3. The minimum absolute atomic E-state index is 0.303. The van der Waals surface area contributed by atoms with E-state index in [-0.39, 0.29) is 0 Å². The van der Waals surface area contributed by atoms with Crippen LogP contribution in [0.4, 0.5) is 0 Å². The first kappa shape index (κ1) is 12.9. The van der Waals surface area contributed by atoms with E-state index in [9.17, 15) is 5.11 Å². The summed E-state index contributed by atoms with van der Waals surface area (Å²) in [5.41, 5.74) is 0.317. The topological polar surface area (TPSA) is 38.7 Å². The molecule has 0 bridgehead atoms. The summed E-state index contributed by atoms with van der Waals surface area (Å²) in [7, 11) is 1.75. The molecule has 0 aromatic heterocycles. The molecule has 104 valence electrons. The quantitative estimate of drug-likeness (QED) is 0.906. The second-order valence-electron chi connectivity index (χ2n) is 5.81. The Bertz CT molecular complexity index is 414. The van der Waals surface area contributed by atoms with Crippen LogP contribution in [0.1, 0.15) is 44.1 Å². The van der Waals surface area contributed by atoms with Gasteiger partial charge in [0.05, 0.1) is 17.8 Å². The molecule has 2 fully saturated rings. The lowest BCUT2D eigenvalue weighted by atomic mass is 9.78. The number of rotatable bonds is 4. The Hall–Kier alpha value is -1.06. The maximum atomic E-state index is 10.7. The summed E-state index contributed by atoms with van der Waals surface area (Å²) in [6.45, 7) is 0. The van der Waals surface area contributed by atoms with Gasteiger partial charge in [-0.05, 0) is 56.2 Å². The Morgan fingerprint density at radius 3 is 2.16 bits per heavy atom. The molecule has 1 aromatic carbocycles. The molecular weight excluding hydrogens is 240 g/mol. The fourth-order valence-electron chi connectivity index (χ4n) is 2.82. The number of methoxy groups -OCH3 is 1. The van der Waals surface area contributed by atoms with Crippen molar-refractivity contribution in [3.63, 3.8) is 0 Å². The number of aliphatic hydroxyl groups is 1. The standard InChI is InChI=1S/C16H22O3/c1-18-13-8-10-16(17,11-9-13)12-2-4-14(5-3-12)19-15-6-7-15/h2-5,13,15,17H,6-11H2,1H3. The zero-order valence-corrected chi connectivity index (χ0v) is 11.5. The van der Waals surface area contributed by atoms with Crippen LogP contribution in [0.2, 0.25) is 0 Å². The molecule has 3 nitrogen and oxygen atoms in total. The van der Waals surface area contributed by atoms with E-state index in [0.717, 1.165) is 37.0 Å². The summed E-state index contributed by atoms with van der Waals surface area (Å²) in [6.07, 6.45) is 6.46. The third kappa shape index (κ3) is 2.93. The third-order valence-electron chi connectivity index (χ3n) is 4.31.